The topological polar surface area (TPSA) is 86.4 Å². The zero-order valence-electron chi connectivity index (χ0n) is 19.4. The third-order valence-electron chi connectivity index (χ3n) is 6.16. The molecule has 1 aromatic heterocycles. The van der Waals surface area contributed by atoms with Crippen molar-refractivity contribution in [1.29, 1.82) is 0 Å². The summed E-state index contributed by atoms with van der Waals surface area (Å²) in [5, 5.41) is 0.0910. The Morgan fingerprint density at radius 3 is 2.38 bits per heavy atom. The van der Waals surface area contributed by atoms with E-state index in [9.17, 15) is 17.6 Å². The van der Waals surface area contributed by atoms with Gasteiger partial charge in [0.05, 0.1) is 15.2 Å². The Morgan fingerprint density at radius 2 is 1.68 bits per heavy atom. The lowest BCUT2D eigenvalue weighted by molar-refractivity contribution is 0.0698. The normalized spacial score (nSPS) is 14.6. The number of aromatic amines is 1. The molecule has 2 heterocycles. The Labute approximate surface area is 227 Å². The van der Waals surface area contributed by atoms with Crippen molar-refractivity contribution >= 4 is 43.5 Å². The van der Waals surface area contributed by atoms with Crippen LogP contribution in [0.2, 0.25) is 5.02 Å². The van der Waals surface area contributed by atoms with Crippen LogP contribution in [0.4, 0.5) is 4.39 Å². The van der Waals surface area contributed by atoms with Gasteiger partial charge in [0.1, 0.15) is 16.5 Å². The Hall–Kier alpha value is -3.05. The predicted molar refractivity (Wildman–Crippen MR) is 143 cm³/mol. The van der Waals surface area contributed by atoms with Gasteiger partial charge < -0.3 is 9.88 Å². The van der Waals surface area contributed by atoms with Crippen molar-refractivity contribution < 1.29 is 17.6 Å². The average Bonchev–Trinajstić information content (AvgIpc) is 3.41. The van der Waals surface area contributed by atoms with Crippen LogP contribution < -0.4 is 0 Å². The molecule has 0 bridgehead atoms. The number of rotatable bonds is 5. The summed E-state index contributed by atoms with van der Waals surface area (Å²) < 4.78 is 42.6. The SMILES string of the molecule is O=C(c1ccccc1)N1CCN(S(=O)(=O)c2cc(-c3nc(-c4ccc(Br)c(F)c4)c[nH]3)ccc2Cl)CC1. The summed E-state index contributed by atoms with van der Waals surface area (Å²) in [5.41, 5.74) is 2.18. The molecule has 0 aliphatic carbocycles. The number of nitrogens with one attached hydrogen (secondary N) is 1. The summed E-state index contributed by atoms with van der Waals surface area (Å²) in [6, 6.07) is 18.3. The van der Waals surface area contributed by atoms with Gasteiger partial charge in [0.25, 0.3) is 5.91 Å². The number of imidazole rings is 1. The van der Waals surface area contributed by atoms with Crippen molar-refractivity contribution in [3.8, 4) is 22.6 Å². The van der Waals surface area contributed by atoms with Crippen molar-refractivity contribution in [2.75, 3.05) is 26.2 Å². The van der Waals surface area contributed by atoms with E-state index in [1.165, 1.54) is 22.5 Å². The van der Waals surface area contributed by atoms with Crippen LogP contribution >= 0.6 is 27.5 Å². The molecule has 190 valence electrons. The van der Waals surface area contributed by atoms with E-state index in [1.54, 1.807) is 53.6 Å². The van der Waals surface area contributed by atoms with E-state index in [4.69, 9.17) is 11.6 Å². The number of carbonyl (C=O) groups excluding carboxylic acids is 1. The zero-order valence-corrected chi connectivity index (χ0v) is 22.5. The molecule has 5 rings (SSSR count). The fourth-order valence-electron chi connectivity index (χ4n) is 4.16. The van der Waals surface area contributed by atoms with Gasteiger partial charge in [0.15, 0.2) is 0 Å². The van der Waals surface area contributed by atoms with Gasteiger partial charge in [-0.15, -0.1) is 0 Å². The molecule has 1 saturated heterocycles. The smallest absolute Gasteiger partial charge is 0.253 e. The summed E-state index contributed by atoms with van der Waals surface area (Å²) in [6.45, 7) is 0.855. The summed E-state index contributed by atoms with van der Waals surface area (Å²) in [7, 11) is -3.93. The Balaban J connectivity index is 1.35. The van der Waals surface area contributed by atoms with E-state index in [0.717, 1.165) is 0 Å². The number of carbonyl (C=O) groups is 1. The van der Waals surface area contributed by atoms with Crippen molar-refractivity contribution in [1.82, 2.24) is 19.2 Å². The van der Waals surface area contributed by atoms with E-state index < -0.39 is 15.8 Å². The quantitative estimate of drug-likeness (QED) is 0.329. The molecule has 37 heavy (non-hydrogen) atoms. The van der Waals surface area contributed by atoms with Gasteiger partial charge in [-0.2, -0.15) is 4.31 Å². The minimum absolute atomic E-state index is 0.0397. The molecule has 1 amide bonds. The van der Waals surface area contributed by atoms with Crippen molar-refractivity contribution in [3.05, 3.63) is 93.8 Å². The maximum Gasteiger partial charge on any atom is 0.253 e. The van der Waals surface area contributed by atoms with Crippen molar-refractivity contribution in [3.63, 3.8) is 0 Å². The van der Waals surface area contributed by atoms with Crippen LogP contribution in [0.5, 0.6) is 0 Å². The molecular weight excluding hydrogens is 583 g/mol. The number of aromatic nitrogens is 2. The number of amides is 1. The van der Waals surface area contributed by atoms with E-state index in [-0.39, 0.29) is 42.0 Å². The summed E-state index contributed by atoms with van der Waals surface area (Å²) in [6.07, 6.45) is 1.63. The van der Waals surface area contributed by atoms with Crippen LogP contribution in [-0.4, -0.2) is 59.7 Å². The second kappa shape index (κ2) is 10.4. The first-order valence-electron chi connectivity index (χ1n) is 11.4. The van der Waals surface area contributed by atoms with Gasteiger partial charge in [-0.3, -0.25) is 4.79 Å². The second-order valence-electron chi connectivity index (χ2n) is 8.47. The molecule has 7 nitrogen and oxygen atoms in total. The lowest BCUT2D eigenvalue weighted by atomic mass is 10.2. The zero-order chi connectivity index (χ0) is 26.2. The summed E-state index contributed by atoms with van der Waals surface area (Å²) in [4.78, 5) is 21.9. The summed E-state index contributed by atoms with van der Waals surface area (Å²) in [5.74, 6) is -0.117. The lowest BCUT2D eigenvalue weighted by Crippen LogP contribution is -2.50. The number of benzene rings is 3. The van der Waals surface area contributed by atoms with E-state index >= 15 is 0 Å². The standard InChI is InChI=1S/C26H21BrClFN4O3S/c27-20-8-6-18(14-22(20)29)23-16-30-25(31-23)19-7-9-21(28)24(15-19)37(35,36)33-12-10-32(11-13-33)26(34)17-4-2-1-3-5-17/h1-9,14-16H,10-13H2,(H,30,31). The highest BCUT2D eigenvalue weighted by Crippen LogP contribution is 2.31. The average molecular weight is 604 g/mol. The number of hydrogen-bond donors (Lipinski definition) is 1. The number of hydrogen-bond acceptors (Lipinski definition) is 4. The third kappa shape index (κ3) is 5.19. The van der Waals surface area contributed by atoms with E-state index in [2.05, 4.69) is 25.9 Å². The highest BCUT2D eigenvalue weighted by Gasteiger charge is 2.32. The lowest BCUT2D eigenvalue weighted by Gasteiger charge is -2.34. The molecule has 1 aliphatic heterocycles. The number of piperazine rings is 1. The van der Waals surface area contributed by atoms with E-state index in [1.807, 2.05) is 6.07 Å². The van der Waals surface area contributed by atoms with Gasteiger partial charge in [-0.1, -0.05) is 35.9 Å². The molecular formula is C26H21BrClFN4O3S. The molecule has 0 saturated carbocycles. The first kappa shape index (κ1) is 25.6. The monoisotopic (exact) mass is 602 g/mol. The first-order valence-corrected chi connectivity index (χ1v) is 14.0. The van der Waals surface area contributed by atoms with Crippen LogP contribution in [0.25, 0.3) is 22.6 Å². The Kier molecular flexibility index (Phi) is 7.17. The van der Waals surface area contributed by atoms with Crippen molar-refractivity contribution in [2.24, 2.45) is 0 Å². The van der Waals surface area contributed by atoms with Gasteiger partial charge >= 0.3 is 0 Å². The maximum atomic E-state index is 14.0. The van der Waals surface area contributed by atoms with Crippen LogP contribution in [0.1, 0.15) is 10.4 Å². The van der Waals surface area contributed by atoms with Crippen LogP contribution in [0.3, 0.4) is 0 Å². The molecule has 3 aromatic carbocycles. The highest BCUT2D eigenvalue weighted by atomic mass is 79.9. The third-order valence-corrected chi connectivity index (χ3v) is 9.19. The van der Waals surface area contributed by atoms with Crippen LogP contribution in [-0.2, 0) is 10.0 Å². The van der Waals surface area contributed by atoms with Gasteiger partial charge in [-0.25, -0.2) is 17.8 Å². The maximum absolute atomic E-state index is 14.0. The molecule has 4 aromatic rings. The number of nitrogens with zero attached hydrogens (tertiary/aromatic N) is 3. The number of halogens is 3. The first-order chi connectivity index (χ1) is 17.7. The summed E-state index contributed by atoms with van der Waals surface area (Å²) >= 11 is 9.47. The number of H-pyrrole nitrogens is 1. The molecule has 0 unspecified atom stereocenters. The molecule has 0 spiro atoms. The van der Waals surface area contributed by atoms with Crippen LogP contribution in [0.15, 0.2) is 82.3 Å². The highest BCUT2D eigenvalue weighted by molar-refractivity contribution is 9.10. The largest absolute Gasteiger partial charge is 0.344 e. The predicted octanol–water partition coefficient (Wildman–Crippen LogP) is 5.45. The van der Waals surface area contributed by atoms with Gasteiger partial charge in [0, 0.05) is 49.1 Å². The fourth-order valence-corrected chi connectivity index (χ4v) is 6.32. The van der Waals surface area contributed by atoms with E-state index in [0.29, 0.717) is 32.7 Å². The molecule has 1 N–H and O–H groups in total. The molecule has 1 aliphatic rings. The molecule has 1 fully saturated rings. The minimum atomic E-state index is -3.93. The fraction of sp³-hybridized carbons (Fsp3) is 0.154. The van der Waals surface area contributed by atoms with Crippen molar-refractivity contribution in [2.45, 2.75) is 4.90 Å². The van der Waals surface area contributed by atoms with Gasteiger partial charge in [-0.05, 0) is 58.4 Å². The Bertz CT molecular complexity index is 1570. The minimum Gasteiger partial charge on any atom is -0.344 e. The van der Waals surface area contributed by atoms with Gasteiger partial charge in [0.2, 0.25) is 10.0 Å². The second-order valence-corrected chi connectivity index (χ2v) is 11.6. The Morgan fingerprint density at radius 1 is 0.973 bits per heavy atom. The number of sulfonamides is 1. The molecule has 0 radical (unpaired) electrons. The van der Waals surface area contributed by atoms with Crippen LogP contribution in [0, 0.1) is 5.82 Å². The molecule has 0 atom stereocenters. The molecule has 11 heteroatoms.